The van der Waals surface area contributed by atoms with Gasteiger partial charge in [-0.3, -0.25) is 0 Å². The highest BCUT2D eigenvalue weighted by Crippen LogP contribution is 2.51. The van der Waals surface area contributed by atoms with Crippen LogP contribution in [0.3, 0.4) is 0 Å². The molecule has 43 heavy (non-hydrogen) atoms. The quantitative estimate of drug-likeness (QED) is 0.172. The van der Waals surface area contributed by atoms with Gasteiger partial charge < -0.3 is 0 Å². The normalized spacial score (nSPS) is 12.5. The summed E-state index contributed by atoms with van der Waals surface area (Å²) in [5.74, 6) is -0.848. The monoisotopic (exact) mass is 670 g/mol. The number of hydrogen-bond acceptors (Lipinski definition) is 6. The van der Waals surface area contributed by atoms with Crippen LogP contribution in [0.4, 0.5) is 13.2 Å². The van der Waals surface area contributed by atoms with E-state index in [1.165, 1.54) is 53.5 Å². The number of fused-ring (bicyclic) bond motifs is 9. The summed E-state index contributed by atoms with van der Waals surface area (Å²) in [6.07, 6.45) is 0. The predicted octanol–water partition coefficient (Wildman–Crippen LogP) is 13.9. The number of hydrogen-bond donors (Lipinski definition) is 0. The Balaban J connectivity index is 1.13. The van der Waals surface area contributed by atoms with Gasteiger partial charge in [-0.2, -0.15) is 0 Å². The van der Waals surface area contributed by atoms with Gasteiger partial charge in [0.15, 0.2) is 11.6 Å². The van der Waals surface area contributed by atoms with Crippen molar-refractivity contribution in [1.29, 1.82) is 0 Å². The summed E-state index contributed by atoms with van der Waals surface area (Å²) in [5.41, 5.74) is 0. The van der Waals surface area contributed by atoms with Crippen molar-refractivity contribution in [3.8, 4) is 19.5 Å². The van der Waals surface area contributed by atoms with E-state index in [0.29, 0.717) is 30.8 Å². The van der Waals surface area contributed by atoms with Crippen LogP contribution in [-0.2, 0) is 0 Å². The highest BCUT2D eigenvalue weighted by molar-refractivity contribution is 7.37. The molecule has 0 bridgehead atoms. The Morgan fingerprint density at radius 3 is 1.53 bits per heavy atom. The van der Waals surface area contributed by atoms with Crippen molar-refractivity contribution < 1.29 is 13.2 Å². The molecule has 0 nitrogen and oxygen atoms in total. The first-order valence-corrected chi connectivity index (χ1v) is 18.2. The molecular formula is C34H13F3S6. The van der Waals surface area contributed by atoms with Crippen LogP contribution in [0.1, 0.15) is 0 Å². The van der Waals surface area contributed by atoms with Gasteiger partial charge in [-0.15, -0.1) is 68.0 Å². The van der Waals surface area contributed by atoms with Crippen LogP contribution >= 0.6 is 68.0 Å². The Bertz CT molecular complexity index is 2780. The van der Waals surface area contributed by atoms with Crippen LogP contribution in [0, 0.1) is 17.5 Å². The van der Waals surface area contributed by atoms with Crippen LogP contribution < -0.4 is 0 Å². The highest BCUT2D eigenvalue weighted by atomic mass is 32.1. The van der Waals surface area contributed by atoms with Gasteiger partial charge in [0.05, 0.1) is 24.0 Å². The summed E-state index contributed by atoms with van der Waals surface area (Å²) in [6, 6.07) is 25.5. The minimum Gasteiger partial charge on any atom is -0.205 e. The molecule has 6 heterocycles. The third kappa shape index (κ3) is 3.46. The third-order valence-corrected chi connectivity index (χ3v) is 15.3. The maximum Gasteiger partial charge on any atom is 0.150 e. The van der Waals surface area contributed by atoms with E-state index >= 15 is 13.2 Å². The molecule has 0 fully saturated rings. The van der Waals surface area contributed by atoms with Gasteiger partial charge in [0.1, 0.15) is 5.82 Å². The van der Waals surface area contributed by atoms with Crippen molar-refractivity contribution in [2.24, 2.45) is 0 Å². The van der Waals surface area contributed by atoms with Crippen molar-refractivity contribution in [2.45, 2.75) is 0 Å². The minimum absolute atomic E-state index is 0.147. The molecule has 0 unspecified atom stereocenters. The molecule has 10 aromatic rings. The van der Waals surface area contributed by atoms with Crippen LogP contribution in [0.2, 0.25) is 0 Å². The lowest BCUT2D eigenvalue weighted by molar-refractivity contribution is 0.635. The topological polar surface area (TPSA) is 0 Å². The second kappa shape index (κ2) is 8.88. The van der Waals surface area contributed by atoms with Crippen molar-refractivity contribution in [3.63, 3.8) is 0 Å². The van der Waals surface area contributed by atoms with E-state index in [4.69, 9.17) is 0 Å². The lowest BCUT2D eigenvalue weighted by Gasteiger charge is -1.94. The van der Waals surface area contributed by atoms with Crippen LogP contribution in [-0.4, -0.2) is 0 Å². The van der Waals surface area contributed by atoms with E-state index in [1.54, 1.807) is 46.1 Å². The van der Waals surface area contributed by atoms with Gasteiger partial charge in [-0.1, -0.05) is 36.4 Å². The molecule has 0 saturated heterocycles. The number of rotatable bonds is 2. The molecule has 10 rings (SSSR count). The van der Waals surface area contributed by atoms with E-state index in [2.05, 4.69) is 24.3 Å². The van der Waals surface area contributed by atoms with Crippen molar-refractivity contribution in [2.75, 3.05) is 0 Å². The van der Waals surface area contributed by atoms with Crippen LogP contribution in [0.15, 0.2) is 78.9 Å². The largest absolute Gasteiger partial charge is 0.205 e. The molecule has 0 atom stereocenters. The molecule has 0 aliphatic rings. The maximum absolute atomic E-state index is 15.8. The van der Waals surface area contributed by atoms with Crippen molar-refractivity contribution >= 4 is 138 Å². The smallest absolute Gasteiger partial charge is 0.150 e. The zero-order valence-corrected chi connectivity index (χ0v) is 26.5. The lowest BCUT2D eigenvalue weighted by Crippen LogP contribution is -1.77. The average Bonchev–Trinajstić information content (AvgIpc) is 3.85. The summed E-state index contributed by atoms with van der Waals surface area (Å²) in [7, 11) is 0. The molecular weight excluding hydrogens is 658 g/mol. The van der Waals surface area contributed by atoms with E-state index in [0.717, 1.165) is 39.1 Å². The highest BCUT2D eigenvalue weighted by Gasteiger charge is 2.23. The predicted molar refractivity (Wildman–Crippen MR) is 187 cm³/mol. The molecule has 4 aromatic carbocycles. The molecule has 0 aliphatic heterocycles. The fourth-order valence-electron chi connectivity index (χ4n) is 5.94. The van der Waals surface area contributed by atoms with Crippen LogP contribution in [0.25, 0.3) is 89.4 Å². The van der Waals surface area contributed by atoms with Gasteiger partial charge in [-0.05, 0) is 47.9 Å². The SMILES string of the molecule is Fc1c(-c2cc3cc4sc5c6cc7sc(-c8sc9ccccc9c8F)c(F)c7cc6sc5c4cc3s2)sc2ccccc12. The first-order chi connectivity index (χ1) is 21.0. The second-order valence-corrected chi connectivity index (χ2v) is 16.8. The Labute approximate surface area is 265 Å². The van der Waals surface area contributed by atoms with Gasteiger partial charge in [0.25, 0.3) is 0 Å². The second-order valence-electron chi connectivity index (χ2n) is 10.4. The number of thiophene rings is 6. The molecule has 0 N–H and O–H groups in total. The molecule has 9 heteroatoms. The third-order valence-electron chi connectivity index (χ3n) is 7.97. The van der Waals surface area contributed by atoms with E-state index in [9.17, 15) is 0 Å². The lowest BCUT2D eigenvalue weighted by atomic mass is 10.1. The molecule has 0 saturated carbocycles. The molecule has 0 amide bonds. The zero-order chi connectivity index (χ0) is 28.6. The first kappa shape index (κ1) is 25.1. The first-order valence-electron chi connectivity index (χ1n) is 13.3. The summed E-state index contributed by atoms with van der Waals surface area (Å²) < 4.78 is 54.7. The Hall–Kier alpha value is -3.31. The minimum atomic E-state index is -0.352. The summed E-state index contributed by atoms with van der Waals surface area (Å²) in [5, 5.41) is 5.14. The van der Waals surface area contributed by atoms with Gasteiger partial charge in [-0.25, -0.2) is 13.2 Å². The van der Waals surface area contributed by atoms with Gasteiger partial charge >= 0.3 is 0 Å². The Morgan fingerprint density at radius 2 is 0.860 bits per heavy atom. The van der Waals surface area contributed by atoms with Crippen molar-refractivity contribution in [3.05, 3.63) is 96.3 Å². The molecule has 206 valence electrons. The molecule has 0 radical (unpaired) electrons. The fraction of sp³-hybridized carbons (Fsp3) is 0. The Kier molecular flexibility index (Phi) is 5.17. The summed E-state index contributed by atoms with van der Waals surface area (Å²) in [4.78, 5) is 2.37. The zero-order valence-electron chi connectivity index (χ0n) is 21.6. The number of halogens is 3. The Morgan fingerprint density at radius 1 is 0.372 bits per heavy atom. The molecule has 6 aromatic heterocycles. The summed E-state index contributed by atoms with van der Waals surface area (Å²) >= 11 is 9.16. The van der Waals surface area contributed by atoms with Gasteiger partial charge in [0, 0.05) is 60.0 Å². The van der Waals surface area contributed by atoms with Crippen LogP contribution in [0.5, 0.6) is 0 Å². The average molecular weight is 671 g/mol. The maximum atomic E-state index is 15.8. The van der Waals surface area contributed by atoms with E-state index in [1.807, 2.05) is 42.5 Å². The van der Waals surface area contributed by atoms with E-state index < -0.39 is 0 Å². The van der Waals surface area contributed by atoms with E-state index in [-0.39, 0.29) is 17.5 Å². The summed E-state index contributed by atoms with van der Waals surface area (Å²) in [6.45, 7) is 0. The fourth-order valence-corrected chi connectivity index (χ4v) is 13.2. The van der Waals surface area contributed by atoms with Gasteiger partial charge in [0.2, 0.25) is 0 Å². The van der Waals surface area contributed by atoms with Crippen molar-refractivity contribution in [1.82, 2.24) is 0 Å². The standard InChI is InChI=1S/C34H13F3S6/c35-27-15-5-1-3-7-20(15)39-32(27)26-10-14-9-23-18(12-22(14)38-26)30-31(41-23)19-13-24-17(11-25(19)42-30)29(37)34(43-24)33-28(36)16-6-2-4-8-21(16)40-33/h1-13H. The molecule has 0 aliphatic carbocycles. The number of benzene rings is 4. The molecule has 0 spiro atoms.